The first-order valence-electron chi connectivity index (χ1n) is 6.77. The van der Waals surface area contributed by atoms with E-state index < -0.39 is 9.84 Å². The zero-order valence-corrected chi connectivity index (χ0v) is 14.8. The fourth-order valence-electron chi connectivity index (χ4n) is 1.82. The van der Waals surface area contributed by atoms with Gasteiger partial charge in [-0.15, -0.1) is 11.8 Å². The summed E-state index contributed by atoms with van der Waals surface area (Å²) >= 11 is 7.31. The molecule has 0 saturated carbocycles. The molecule has 1 amide bonds. The molecule has 0 radical (unpaired) electrons. The number of hydrogen-bond acceptors (Lipinski definition) is 4. The van der Waals surface area contributed by atoms with E-state index in [0.29, 0.717) is 16.5 Å². The highest BCUT2D eigenvalue weighted by molar-refractivity contribution is 7.99. The van der Waals surface area contributed by atoms with E-state index in [9.17, 15) is 13.2 Å². The van der Waals surface area contributed by atoms with Crippen LogP contribution in [0.3, 0.4) is 0 Å². The predicted molar refractivity (Wildman–Crippen MR) is 95.8 cm³/mol. The summed E-state index contributed by atoms with van der Waals surface area (Å²) in [7, 11) is -3.22. The Labute approximate surface area is 145 Å². The van der Waals surface area contributed by atoms with Crippen molar-refractivity contribution in [3.8, 4) is 0 Å². The van der Waals surface area contributed by atoms with E-state index >= 15 is 0 Å². The van der Waals surface area contributed by atoms with Crippen LogP contribution in [0.2, 0.25) is 5.02 Å². The van der Waals surface area contributed by atoms with Gasteiger partial charge < -0.3 is 5.32 Å². The van der Waals surface area contributed by atoms with Crippen LogP contribution in [-0.4, -0.2) is 26.3 Å². The van der Waals surface area contributed by atoms with Gasteiger partial charge in [-0.05, 0) is 42.0 Å². The average molecular weight is 370 g/mol. The molecule has 122 valence electrons. The maximum atomic E-state index is 11.9. The Balaban J connectivity index is 1.81. The smallest absolute Gasteiger partial charge is 0.234 e. The molecule has 1 N–H and O–H groups in total. The van der Waals surface area contributed by atoms with Crippen LogP contribution in [0.15, 0.2) is 53.4 Å². The lowest BCUT2D eigenvalue weighted by Gasteiger charge is -2.06. The van der Waals surface area contributed by atoms with Gasteiger partial charge in [0, 0.05) is 22.7 Å². The normalized spacial score (nSPS) is 11.2. The molecule has 0 atom stereocenters. The van der Waals surface area contributed by atoms with Gasteiger partial charge in [-0.25, -0.2) is 8.42 Å². The Bertz CT molecular complexity index is 772. The maximum Gasteiger partial charge on any atom is 0.234 e. The fourth-order valence-corrected chi connectivity index (χ4v) is 3.37. The summed E-state index contributed by atoms with van der Waals surface area (Å²) in [5.41, 5.74) is 1.68. The van der Waals surface area contributed by atoms with Crippen LogP contribution < -0.4 is 5.32 Å². The minimum Gasteiger partial charge on any atom is -0.325 e. The number of sulfone groups is 1. The van der Waals surface area contributed by atoms with Crippen LogP contribution in [0.4, 0.5) is 5.69 Å². The maximum absolute atomic E-state index is 11.9. The van der Waals surface area contributed by atoms with Crippen molar-refractivity contribution in [3.63, 3.8) is 0 Å². The number of thioether (sulfide) groups is 1. The minimum absolute atomic E-state index is 0.129. The van der Waals surface area contributed by atoms with E-state index in [1.165, 1.54) is 23.9 Å². The quantitative estimate of drug-likeness (QED) is 0.844. The number of hydrogen-bond donors (Lipinski definition) is 1. The molecule has 2 aromatic rings. The van der Waals surface area contributed by atoms with E-state index in [1.807, 2.05) is 24.3 Å². The third-order valence-corrected chi connectivity index (χ3v) is 5.37. The van der Waals surface area contributed by atoms with Crippen LogP contribution in [0.1, 0.15) is 5.56 Å². The van der Waals surface area contributed by atoms with E-state index in [0.717, 1.165) is 17.6 Å². The second-order valence-corrected chi connectivity index (χ2v) is 8.40. The monoisotopic (exact) mass is 369 g/mol. The SMILES string of the molecule is CS(=O)(=O)c1ccc(NC(=O)CSCc2ccc(Cl)cc2)cc1. The molecule has 7 heteroatoms. The number of amides is 1. The first kappa shape index (κ1) is 17.8. The summed E-state index contributed by atoms with van der Waals surface area (Å²) in [4.78, 5) is 12.1. The van der Waals surface area contributed by atoms with E-state index in [1.54, 1.807) is 12.1 Å². The zero-order valence-electron chi connectivity index (χ0n) is 12.5. The number of halogens is 1. The third-order valence-electron chi connectivity index (χ3n) is 2.98. The van der Waals surface area contributed by atoms with Gasteiger partial charge in [0.1, 0.15) is 0 Å². The summed E-state index contributed by atoms with van der Waals surface area (Å²) in [6, 6.07) is 13.6. The summed E-state index contributed by atoms with van der Waals surface area (Å²) in [6.07, 6.45) is 1.15. The Kier molecular flexibility index (Phi) is 6.10. The van der Waals surface area contributed by atoms with Gasteiger partial charge in [0.25, 0.3) is 0 Å². The van der Waals surface area contributed by atoms with Crippen molar-refractivity contribution < 1.29 is 13.2 Å². The van der Waals surface area contributed by atoms with Crippen molar-refractivity contribution in [1.29, 1.82) is 0 Å². The molecule has 4 nitrogen and oxygen atoms in total. The summed E-state index contributed by atoms with van der Waals surface area (Å²) < 4.78 is 22.7. The summed E-state index contributed by atoms with van der Waals surface area (Å²) in [6.45, 7) is 0. The van der Waals surface area contributed by atoms with Crippen LogP contribution in [-0.2, 0) is 20.4 Å². The van der Waals surface area contributed by atoms with E-state index in [2.05, 4.69) is 5.32 Å². The largest absolute Gasteiger partial charge is 0.325 e. The van der Waals surface area contributed by atoms with Gasteiger partial charge in [0.15, 0.2) is 9.84 Å². The van der Waals surface area contributed by atoms with Crippen molar-refractivity contribution in [2.75, 3.05) is 17.3 Å². The third kappa shape index (κ3) is 5.89. The zero-order chi connectivity index (χ0) is 16.9. The molecular weight excluding hydrogens is 354 g/mol. The van der Waals surface area contributed by atoms with Crippen LogP contribution in [0.5, 0.6) is 0 Å². The Morgan fingerprint density at radius 2 is 1.70 bits per heavy atom. The highest BCUT2D eigenvalue weighted by Crippen LogP contribution is 2.17. The summed E-state index contributed by atoms with van der Waals surface area (Å²) in [5, 5.41) is 3.43. The topological polar surface area (TPSA) is 63.2 Å². The molecule has 2 rings (SSSR count). The van der Waals surface area contributed by atoms with E-state index in [-0.39, 0.29) is 10.8 Å². The number of carbonyl (C=O) groups is 1. The van der Waals surface area contributed by atoms with Gasteiger partial charge in [0.05, 0.1) is 10.6 Å². The number of nitrogens with one attached hydrogen (secondary N) is 1. The van der Waals surface area contributed by atoms with Crippen molar-refractivity contribution in [2.24, 2.45) is 0 Å². The predicted octanol–water partition coefficient (Wildman–Crippen LogP) is 3.62. The Morgan fingerprint density at radius 1 is 1.09 bits per heavy atom. The van der Waals surface area contributed by atoms with Gasteiger partial charge in [-0.3, -0.25) is 4.79 Å². The Hall–Kier alpha value is -1.50. The second kappa shape index (κ2) is 7.86. The van der Waals surface area contributed by atoms with Crippen molar-refractivity contribution in [1.82, 2.24) is 0 Å². The molecule has 2 aromatic carbocycles. The average Bonchev–Trinajstić information content (AvgIpc) is 2.49. The first-order valence-corrected chi connectivity index (χ1v) is 10.2. The van der Waals surface area contributed by atoms with Crippen molar-refractivity contribution >= 4 is 44.8 Å². The fraction of sp³-hybridized carbons (Fsp3) is 0.188. The number of rotatable bonds is 6. The molecule has 0 bridgehead atoms. The lowest BCUT2D eigenvalue weighted by Crippen LogP contribution is -2.14. The van der Waals surface area contributed by atoms with Crippen molar-refractivity contribution in [2.45, 2.75) is 10.6 Å². The Morgan fingerprint density at radius 3 is 2.26 bits per heavy atom. The number of anilines is 1. The lowest BCUT2D eigenvalue weighted by molar-refractivity contribution is -0.113. The summed E-state index contributed by atoms with van der Waals surface area (Å²) in [5.74, 6) is 0.907. The number of carbonyl (C=O) groups excluding carboxylic acids is 1. The highest BCUT2D eigenvalue weighted by atomic mass is 35.5. The molecule has 0 aliphatic heterocycles. The molecule has 0 aliphatic carbocycles. The molecule has 0 aromatic heterocycles. The van der Waals surface area contributed by atoms with Gasteiger partial charge >= 0.3 is 0 Å². The van der Waals surface area contributed by atoms with Crippen LogP contribution in [0, 0.1) is 0 Å². The molecule has 0 fully saturated rings. The molecular formula is C16H16ClNO3S2. The second-order valence-electron chi connectivity index (χ2n) is 4.96. The molecule has 0 aliphatic rings. The van der Waals surface area contributed by atoms with E-state index in [4.69, 9.17) is 11.6 Å². The molecule has 0 saturated heterocycles. The minimum atomic E-state index is -3.22. The van der Waals surface area contributed by atoms with Gasteiger partial charge in [0.2, 0.25) is 5.91 Å². The standard InChI is InChI=1S/C16H16ClNO3S2/c1-23(20,21)15-8-6-14(7-9-15)18-16(19)11-22-10-12-2-4-13(17)5-3-12/h2-9H,10-11H2,1H3,(H,18,19). The molecule has 0 heterocycles. The van der Waals surface area contributed by atoms with Crippen LogP contribution >= 0.6 is 23.4 Å². The van der Waals surface area contributed by atoms with Gasteiger partial charge in [-0.1, -0.05) is 23.7 Å². The molecule has 23 heavy (non-hydrogen) atoms. The van der Waals surface area contributed by atoms with Gasteiger partial charge in [-0.2, -0.15) is 0 Å². The van der Waals surface area contributed by atoms with Crippen molar-refractivity contribution in [3.05, 3.63) is 59.1 Å². The molecule has 0 unspecified atom stereocenters. The number of benzene rings is 2. The lowest BCUT2D eigenvalue weighted by atomic mass is 10.2. The highest BCUT2D eigenvalue weighted by Gasteiger charge is 2.07. The first-order chi connectivity index (χ1) is 10.8. The molecule has 0 spiro atoms. The van der Waals surface area contributed by atoms with Crippen LogP contribution in [0.25, 0.3) is 0 Å².